The molecule has 1 aromatic carbocycles. The first-order valence-electron chi connectivity index (χ1n) is 7.99. The molecule has 4 rings (SSSR count). The molecule has 2 heterocycles. The molecule has 0 fully saturated rings. The third-order valence-electron chi connectivity index (χ3n) is 4.84. The normalized spacial score (nSPS) is 20.8. The van der Waals surface area contributed by atoms with Gasteiger partial charge in [0.15, 0.2) is 5.78 Å². The van der Waals surface area contributed by atoms with E-state index in [1.54, 1.807) is 0 Å². The van der Waals surface area contributed by atoms with Gasteiger partial charge in [-0.3, -0.25) is 4.79 Å². The fourth-order valence-electron chi connectivity index (χ4n) is 3.77. The molecular formula is C19H17N3O2. The lowest BCUT2D eigenvalue weighted by atomic mass is 9.77. The van der Waals surface area contributed by atoms with Crippen LogP contribution in [-0.4, -0.2) is 10.4 Å². The van der Waals surface area contributed by atoms with Gasteiger partial charge >= 0.3 is 0 Å². The molecule has 2 aliphatic rings. The van der Waals surface area contributed by atoms with Gasteiger partial charge in [0, 0.05) is 42.6 Å². The standard InChI is InChI=1S/C19H17N3O2/c1-22-10-13(11-5-2-3-6-14(11)22)17-12(9-20)19(21)24-16-8-4-7-15(23)18(16)17/h2-3,5-6,10,17H,4,7-8,21H2,1H3/t17-/m1/s1. The molecule has 24 heavy (non-hydrogen) atoms. The van der Waals surface area contributed by atoms with Gasteiger partial charge in [-0.25, -0.2) is 0 Å². The van der Waals surface area contributed by atoms with Gasteiger partial charge in [0.05, 0.1) is 5.92 Å². The molecule has 1 aliphatic carbocycles. The minimum atomic E-state index is -0.447. The zero-order valence-electron chi connectivity index (χ0n) is 13.4. The molecule has 1 atom stereocenters. The average molecular weight is 319 g/mol. The lowest BCUT2D eigenvalue weighted by Gasteiger charge is -2.30. The minimum Gasteiger partial charge on any atom is -0.444 e. The maximum absolute atomic E-state index is 12.6. The number of nitrogens with zero attached hydrogens (tertiary/aromatic N) is 2. The zero-order chi connectivity index (χ0) is 16.8. The molecule has 0 amide bonds. The van der Waals surface area contributed by atoms with E-state index in [4.69, 9.17) is 10.5 Å². The van der Waals surface area contributed by atoms with Crippen LogP contribution in [0.5, 0.6) is 0 Å². The number of hydrogen-bond acceptors (Lipinski definition) is 4. The highest BCUT2D eigenvalue weighted by Gasteiger charge is 2.39. The number of fused-ring (bicyclic) bond motifs is 1. The van der Waals surface area contributed by atoms with Gasteiger partial charge in [-0.15, -0.1) is 0 Å². The van der Waals surface area contributed by atoms with Crippen LogP contribution in [0.15, 0.2) is 53.3 Å². The van der Waals surface area contributed by atoms with Gasteiger partial charge in [0.25, 0.3) is 0 Å². The quantitative estimate of drug-likeness (QED) is 0.876. The second kappa shape index (κ2) is 5.27. The fourth-order valence-corrected chi connectivity index (χ4v) is 3.77. The van der Waals surface area contributed by atoms with Crippen LogP contribution >= 0.6 is 0 Å². The second-order valence-electron chi connectivity index (χ2n) is 6.25. The third-order valence-corrected chi connectivity index (χ3v) is 4.84. The van der Waals surface area contributed by atoms with Crippen molar-refractivity contribution >= 4 is 16.7 Å². The Morgan fingerprint density at radius 2 is 2.12 bits per heavy atom. The molecule has 0 saturated heterocycles. The first-order chi connectivity index (χ1) is 11.6. The van der Waals surface area contributed by atoms with Gasteiger partial charge < -0.3 is 15.0 Å². The van der Waals surface area contributed by atoms with Crippen molar-refractivity contribution in [3.63, 3.8) is 0 Å². The van der Waals surface area contributed by atoms with E-state index in [1.165, 1.54) is 0 Å². The van der Waals surface area contributed by atoms with Crippen molar-refractivity contribution in [2.75, 3.05) is 0 Å². The maximum Gasteiger partial charge on any atom is 0.205 e. The number of allylic oxidation sites excluding steroid dienone is 3. The Bertz CT molecular complexity index is 972. The average Bonchev–Trinajstić information content (AvgIpc) is 2.91. The monoisotopic (exact) mass is 319 g/mol. The number of carbonyl (C=O) groups is 1. The number of benzene rings is 1. The van der Waals surface area contributed by atoms with Crippen LogP contribution in [0.1, 0.15) is 30.7 Å². The van der Waals surface area contributed by atoms with Gasteiger partial charge in [-0.2, -0.15) is 5.26 Å². The van der Waals surface area contributed by atoms with Crippen molar-refractivity contribution in [1.82, 2.24) is 4.57 Å². The van der Waals surface area contributed by atoms with Crippen LogP contribution in [0.3, 0.4) is 0 Å². The van der Waals surface area contributed by atoms with E-state index >= 15 is 0 Å². The van der Waals surface area contributed by atoms with Crippen LogP contribution in [0, 0.1) is 11.3 Å². The topological polar surface area (TPSA) is 81.0 Å². The first-order valence-corrected chi connectivity index (χ1v) is 7.99. The Morgan fingerprint density at radius 1 is 1.33 bits per heavy atom. The van der Waals surface area contributed by atoms with Crippen LogP contribution in [0.2, 0.25) is 0 Å². The summed E-state index contributed by atoms with van der Waals surface area (Å²) in [6.45, 7) is 0. The van der Waals surface area contributed by atoms with E-state index in [1.807, 2.05) is 42.1 Å². The largest absolute Gasteiger partial charge is 0.444 e. The molecular weight excluding hydrogens is 302 g/mol. The lowest BCUT2D eigenvalue weighted by Crippen LogP contribution is -2.27. The number of nitriles is 1. The fraction of sp³-hybridized carbons (Fsp3) is 0.263. The molecule has 1 aliphatic heterocycles. The SMILES string of the molecule is Cn1cc([C@H]2C(C#N)=C(N)OC3=C2C(=O)CCC3)c2ccccc21. The van der Waals surface area contributed by atoms with Crippen molar-refractivity contribution in [3.8, 4) is 6.07 Å². The molecule has 0 unspecified atom stereocenters. The number of hydrogen-bond donors (Lipinski definition) is 1. The van der Waals surface area contributed by atoms with Crippen molar-refractivity contribution in [2.24, 2.45) is 12.8 Å². The second-order valence-corrected chi connectivity index (χ2v) is 6.25. The Hall–Kier alpha value is -3.00. The molecule has 0 spiro atoms. The molecule has 1 aromatic heterocycles. The number of Topliss-reactive ketones (excluding diaryl/α,β-unsaturated/α-hetero) is 1. The zero-order valence-corrected chi connectivity index (χ0v) is 13.4. The Kier molecular flexibility index (Phi) is 3.20. The maximum atomic E-state index is 12.6. The molecule has 2 aromatic rings. The highest BCUT2D eigenvalue weighted by atomic mass is 16.5. The number of carbonyl (C=O) groups excluding carboxylic acids is 1. The van der Waals surface area contributed by atoms with Crippen molar-refractivity contribution in [1.29, 1.82) is 5.26 Å². The highest BCUT2D eigenvalue weighted by molar-refractivity contribution is 6.00. The molecule has 5 nitrogen and oxygen atoms in total. The predicted molar refractivity (Wildman–Crippen MR) is 89.5 cm³/mol. The number of nitrogens with two attached hydrogens (primary N) is 1. The minimum absolute atomic E-state index is 0.0504. The number of aryl methyl sites for hydroxylation is 1. The van der Waals surface area contributed by atoms with E-state index in [0.29, 0.717) is 29.7 Å². The van der Waals surface area contributed by atoms with Crippen LogP contribution in [0.25, 0.3) is 10.9 Å². The van der Waals surface area contributed by atoms with E-state index in [0.717, 1.165) is 22.9 Å². The number of ketones is 1. The summed E-state index contributed by atoms with van der Waals surface area (Å²) >= 11 is 0. The summed E-state index contributed by atoms with van der Waals surface area (Å²) < 4.78 is 7.63. The molecule has 0 bridgehead atoms. The summed E-state index contributed by atoms with van der Waals surface area (Å²) in [6, 6.07) is 10.1. The Labute approximate surface area is 139 Å². The lowest BCUT2D eigenvalue weighted by molar-refractivity contribution is -0.116. The summed E-state index contributed by atoms with van der Waals surface area (Å²) in [6.07, 6.45) is 3.91. The van der Waals surface area contributed by atoms with Crippen molar-refractivity contribution < 1.29 is 9.53 Å². The van der Waals surface area contributed by atoms with Gasteiger partial charge in [0.2, 0.25) is 5.88 Å². The van der Waals surface area contributed by atoms with E-state index < -0.39 is 5.92 Å². The van der Waals surface area contributed by atoms with Gasteiger partial charge in [0.1, 0.15) is 17.4 Å². The van der Waals surface area contributed by atoms with E-state index in [9.17, 15) is 10.1 Å². The van der Waals surface area contributed by atoms with Crippen LogP contribution < -0.4 is 5.73 Å². The van der Waals surface area contributed by atoms with Gasteiger partial charge in [-0.1, -0.05) is 18.2 Å². The van der Waals surface area contributed by atoms with E-state index in [2.05, 4.69) is 6.07 Å². The number of ether oxygens (including phenoxy) is 1. The van der Waals surface area contributed by atoms with Gasteiger partial charge in [-0.05, 0) is 18.1 Å². The van der Waals surface area contributed by atoms with E-state index in [-0.39, 0.29) is 11.7 Å². The summed E-state index contributed by atoms with van der Waals surface area (Å²) in [5.41, 5.74) is 8.91. The summed E-state index contributed by atoms with van der Waals surface area (Å²) in [4.78, 5) is 12.6. The third kappa shape index (κ3) is 1.96. The highest BCUT2D eigenvalue weighted by Crippen LogP contribution is 2.45. The summed E-state index contributed by atoms with van der Waals surface area (Å²) in [5, 5.41) is 10.7. The van der Waals surface area contributed by atoms with Crippen LogP contribution in [0.4, 0.5) is 0 Å². The van der Waals surface area contributed by atoms with Crippen molar-refractivity contribution in [2.45, 2.75) is 25.2 Å². The first kappa shape index (κ1) is 14.6. The molecule has 2 N–H and O–H groups in total. The number of aromatic nitrogens is 1. The molecule has 0 saturated carbocycles. The number of rotatable bonds is 1. The number of para-hydroxylation sites is 1. The predicted octanol–water partition coefficient (Wildman–Crippen LogP) is 2.99. The summed E-state index contributed by atoms with van der Waals surface area (Å²) in [5.74, 6) is 0.344. The Balaban J connectivity index is 2.01. The molecule has 5 heteroatoms. The molecule has 120 valence electrons. The summed E-state index contributed by atoms with van der Waals surface area (Å²) in [7, 11) is 1.96. The van der Waals surface area contributed by atoms with Crippen molar-refractivity contribution in [3.05, 3.63) is 58.8 Å². The van der Waals surface area contributed by atoms with Crippen LogP contribution in [-0.2, 0) is 16.6 Å². The molecule has 0 radical (unpaired) electrons. The Morgan fingerprint density at radius 3 is 2.92 bits per heavy atom. The smallest absolute Gasteiger partial charge is 0.205 e.